The second kappa shape index (κ2) is 5.44. The minimum absolute atomic E-state index is 0.106. The van der Waals surface area contributed by atoms with Gasteiger partial charge in [-0.15, -0.1) is 0 Å². The second-order valence-corrected chi connectivity index (χ2v) is 6.69. The van der Waals surface area contributed by atoms with Gasteiger partial charge in [-0.05, 0) is 25.1 Å². The predicted molar refractivity (Wildman–Crippen MR) is 72.7 cm³/mol. The second-order valence-electron chi connectivity index (χ2n) is 4.39. The number of carbonyl (C=O) groups excluding carboxylic acids is 2. The van der Waals surface area contributed by atoms with E-state index in [0.717, 1.165) is 10.4 Å². The number of nitrogens with one attached hydrogen (secondary N) is 1. The molecule has 1 aromatic rings. The highest BCUT2D eigenvalue weighted by molar-refractivity contribution is 7.89. The molecule has 2 amide bonds. The summed E-state index contributed by atoms with van der Waals surface area (Å²) in [5.74, 6) is -1.43. The summed E-state index contributed by atoms with van der Waals surface area (Å²) < 4.78 is 26.0. The van der Waals surface area contributed by atoms with Crippen molar-refractivity contribution < 1.29 is 18.0 Å². The van der Waals surface area contributed by atoms with Gasteiger partial charge in [0.25, 0.3) is 0 Å². The smallest absolute Gasteiger partial charge is 0.245 e. The topological polar surface area (TPSA) is 107 Å². The Hall–Kier alpha value is -1.95. The Morgan fingerprint density at radius 3 is 2.71 bits per heavy atom. The summed E-state index contributed by atoms with van der Waals surface area (Å²) in [6.45, 7) is 0.864. The first-order chi connectivity index (χ1) is 9.77. The number of piperazine rings is 1. The first-order valence-electron chi connectivity index (χ1n) is 5.82. The summed E-state index contributed by atoms with van der Waals surface area (Å²) in [5, 5.41) is 11.2. The normalized spacial score (nSPS) is 20.0. The molecule has 110 valence electrons. The monoisotopic (exact) mass is 327 g/mol. The average molecular weight is 328 g/mol. The number of amides is 2. The Kier molecular flexibility index (Phi) is 4.00. The van der Waals surface area contributed by atoms with Gasteiger partial charge in [0, 0.05) is 5.02 Å². The van der Waals surface area contributed by atoms with E-state index in [0.29, 0.717) is 0 Å². The van der Waals surface area contributed by atoms with Crippen LogP contribution >= 0.6 is 11.6 Å². The number of carbonyl (C=O) groups is 2. The van der Waals surface area contributed by atoms with Gasteiger partial charge in [0.1, 0.15) is 17.0 Å². The van der Waals surface area contributed by atoms with Crippen LogP contribution in [0.4, 0.5) is 0 Å². The van der Waals surface area contributed by atoms with E-state index in [1.165, 1.54) is 19.1 Å². The Labute approximate surface area is 126 Å². The molecule has 1 fully saturated rings. The predicted octanol–water partition coefficient (Wildman–Crippen LogP) is 0.247. The van der Waals surface area contributed by atoms with Crippen LogP contribution in [0.15, 0.2) is 23.1 Å². The molecule has 1 unspecified atom stereocenters. The minimum atomic E-state index is -4.20. The van der Waals surface area contributed by atoms with E-state index in [1.807, 2.05) is 5.32 Å². The SMILES string of the molecule is CC1C(=O)NC(=O)CN1S(=O)(=O)c1cc(Cl)ccc1C#N. The molecule has 0 spiro atoms. The molecule has 1 saturated heterocycles. The number of sulfonamides is 1. The number of hydrogen-bond acceptors (Lipinski definition) is 5. The lowest BCUT2D eigenvalue weighted by Gasteiger charge is -2.30. The van der Waals surface area contributed by atoms with Crippen molar-refractivity contribution in [3.63, 3.8) is 0 Å². The van der Waals surface area contributed by atoms with Gasteiger partial charge in [-0.3, -0.25) is 14.9 Å². The first kappa shape index (κ1) is 15.4. The molecule has 21 heavy (non-hydrogen) atoms. The lowest BCUT2D eigenvalue weighted by Crippen LogP contribution is -2.58. The number of hydrogen-bond donors (Lipinski definition) is 1. The first-order valence-corrected chi connectivity index (χ1v) is 7.64. The lowest BCUT2D eigenvalue weighted by atomic mass is 10.2. The van der Waals surface area contributed by atoms with Crippen molar-refractivity contribution in [2.24, 2.45) is 0 Å². The van der Waals surface area contributed by atoms with E-state index in [2.05, 4.69) is 0 Å². The molecule has 2 rings (SSSR count). The summed E-state index contributed by atoms with van der Waals surface area (Å²) in [6.07, 6.45) is 0. The Balaban J connectivity index is 2.57. The van der Waals surface area contributed by atoms with Crippen LogP contribution in [0.2, 0.25) is 5.02 Å². The quantitative estimate of drug-likeness (QED) is 0.783. The van der Waals surface area contributed by atoms with Crippen LogP contribution in [0.1, 0.15) is 12.5 Å². The van der Waals surface area contributed by atoms with Crippen LogP contribution in [0.3, 0.4) is 0 Å². The van der Waals surface area contributed by atoms with E-state index in [-0.39, 0.29) is 15.5 Å². The highest BCUT2D eigenvalue weighted by Gasteiger charge is 2.39. The molecule has 9 heteroatoms. The van der Waals surface area contributed by atoms with Gasteiger partial charge in [0.2, 0.25) is 21.8 Å². The van der Waals surface area contributed by atoms with Gasteiger partial charge in [-0.2, -0.15) is 9.57 Å². The molecule has 0 radical (unpaired) electrons. The number of nitrogens with zero attached hydrogens (tertiary/aromatic N) is 2. The zero-order chi connectivity index (χ0) is 15.8. The minimum Gasteiger partial charge on any atom is -0.294 e. The molecule has 1 aliphatic rings. The Bertz CT molecular complexity index is 769. The molecule has 1 aliphatic heterocycles. The molecule has 1 aromatic carbocycles. The lowest BCUT2D eigenvalue weighted by molar-refractivity contribution is -0.136. The van der Waals surface area contributed by atoms with E-state index < -0.39 is 34.4 Å². The highest BCUT2D eigenvalue weighted by atomic mass is 35.5. The number of benzene rings is 1. The molecule has 0 aromatic heterocycles. The summed E-state index contributed by atoms with van der Waals surface area (Å²) >= 11 is 5.77. The van der Waals surface area contributed by atoms with Gasteiger partial charge in [-0.1, -0.05) is 11.6 Å². The average Bonchev–Trinajstić information content (AvgIpc) is 2.42. The summed E-state index contributed by atoms with van der Waals surface area (Å²) in [4.78, 5) is 22.7. The molecular formula is C12H10ClN3O4S. The third-order valence-electron chi connectivity index (χ3n) is 3.02. The van der Waals surface area contributed by atoms with Crippen LogP contribution in [-0.2, 0) is 19.6 Å². The van der Waals surface area contributed by atoms with E-state index in [4.69, 9.17) is 16.9 Å². The molecule has 0 saturated carbocycles. The van der Waals surface area contributed by atoms with Crippen LogP contribution in [0.25, 0.3) is 0 Å². The van der Waals surface area contributed by atoms with Gasteiger partial charge >= 0.3 is 0 Å². The van der Waals surface area contributed by atoms with Crippen molar-refractivity contribution in [3.8, 4) is 6.07 Å². The molecule has 0 bridgehead atoms. The van der Waals surface area contributed by atoms with Crippen LogP contribution < -0.4 is 5.32 Å². The Morgan fingerprint density at radius 1 is 1.43 bits per heavy atom. The molecule has 0 aliphatic carbocycles. The fraction of sp³-hybridized carbons (Fsp3) is 0.250. The van der Waals surface area contributed by atoms with Crippen molar-refractivity contribution in [2.45, 2.75) is 17.9 Å². The van der Waals surface area contributed by atoms with Gasteiger partial charge in [0.05, 0.1) is 12.1 Å². The highest BCUT2D eigenvalue weighted by Crippen LogP contribution is 2.25. The van der Waals surface area contributed by atoms with Crippen LogP contribution in [0.5, 0.6) is 0 Å². The third-order valence-corrected chi connectivity index (χ3v) is 5.22. The van der Waals surface area contributed by atoms with E-state index in [9.17, 15) is 18.0 Å². The van der Waals surface area contributed by atoms with Crippen molar-refractivity contribution in [3.05, 3.63) is 28.8 Å². The Morgan fingerprint density at radius 2 is 2.10 bits per heavy atom. The summed E-state index contributed by atoms with van der Waals surface area (Å²) in [5.41, 5.74) is -0.106. The summed E-state index contributed by atoms with van der Waals surface area (Å²) in [6, 6.07) is 4.48. The van der Waals surface area contributed by atoms with Gasteiger partial charge < -0.3 is 0 Å². The molecule has 7 nitrogen and oxygen atoms in total. The third kappa shape index (κ3) is 2.76. The number of imide groups is 1. The molecular weight excluding hydrogens is 318 g/mol. The number of nitriles is 1. The van der Waals surface area contributed by atoms with Crippen LogP contribution in [-0.4, -0.2) is 37.1 Å². The van der Waals surface area contributed by atoms with E-state index in [1.54, 1.807) is 6.07 Å². The maximum Gasteiger partial charge on any atom is 0.245 e. The molecule has 1 atom stereocenters. The van der Waals surface area contributed by atoms with E-state index >= 15 is 0 Å². The largest absolute Gasteiger partial charge is 0.294 e. The van der Waals surface area contributed by atoms with Crippen molar-refractivity contribution >= 4 is 33.4 Å². The van der Waals surface area contributed by atoms with Gasteiger partial charge in [0.15, 0.2) is 0 Å². The number of halogens is 1. The zero-order valence-electron chi connectivity index (χ0n) is 10.8. The molecule has 1 heterocycles. The van der Waals surface area contributed by atoms with Crippen molar-refractivity contribution in [2.75, 3.05) is 6.54 Å². The maximum absolute atomic E-state index is 12.6. The van der Waals surface area contributed by atoms with Crippen molar-refractivity contribution in [1.82, 2.24) is 9.62 Å². The standard InChI is InChI=1S/C12H10ClN3O4S/c1-7-12(18)15-11(17)6-16(7)21(19,20)10-4-9(13)3-2-8(10)5-14/h2-4,7H,6H2,1H3,(H,15,17,18). The van der Waals surface area contributed by atoms with Crippen molar-refractivity contribution in [1.29, 1.82) is 5.26 Å². The molecule has 1 N–H and O–H groups in total. The number of rotatable bonds is 2. The fourth-order valence-electron chi connectivity index (χ4n) is 1.91. The fourth-order valence-corrected chi connectivity index (χ4v) is 3.87. The maximum atomic E-state index is 12.6. The zero-order valence-corrected chi connectivity index (χ0v) is 12.4. The van der Waals surface area contributed by atoms with Crippen LogP contribution in [0, 0.1) is 11.3 Å². The van der Waals surface area contributed by atoms with Gasteiger partial charge in [-0.25, -0.2) is 8.42 Å². The summed E-state index contributed by atoms with van der Waals surface area (Å²) in [7, 11) is -4.20.